The Bertz CT molecular complexity index is 361. The summed E-state index contributed by atoms with van der Waals surface area (Å²) in [6, 6.07) is -0.0818. The molecule has 1 atom stereocenters. The van der Waals surface area contributed by atoms with Crippen molar-refractivity contribution in [2.75, 3.05) is 19.6 Å². The van der Waals surface area contributed by atoms with E-state index in [4.69, 9.17) is 0 Å². The maximum Gasteiger partial charge on any atom is 0.330 e. The third kappa shape index (κ3) is 2.69. The predicted octanol–water partition coefficient (Wildman–Crippen LogP) is 0.185. The van der Waals surface area contributed by atoms with Crippen molar-refractivity contribution in [1.29, 1.82) is 0 Å². The van der Waals surface area contributed by atoms with Gasteiger partial charge in [0.25, 0.3) is 0 Å². The number of carbonyl (C=O) groups is 3. The average Bonchev–Trinajstić information content (AvgIpc) is 2.71. The van der Waals surface area contributed by atoms with E-state index in [9.17, 15) is 14.4 Å². The molecular formula is C12H19N3O3. The Morgan fingerprint density at radius 3 is 2.61 bits per heavy atom. The average molecular weight is 253 g/mol. The minimum Gasteiger partial charge on any atom is -0.301 e. The summed E-state index contributed by atoms with van der Waals surface area (Å²) in [5, 5.41) is 2.18. The Hall–Kier alpha value is -1.43. The monoisotopic (exact) mass is 253 g/mol. The molecule has 2 aliphatic rings. The Kier molecular flexibility index (Phi) is 3.65. The van der Waals surface area contributed by atoms with Gasteiger partial charge in [-0.25, -0.2) is 4.79 Å². The Morgan fingerprint density at radius 2 is 2.06 bits per heavy atom. The minimum absolute atomic E-state index is 0.216. The first-order valence-corrected chi connectivity index (χ1v) is 6.35. The lowest BCUT2D eigenvalue weighted by Crippen LogP contribution is -2.54. The predicted molar refractivity (Wildman–Crippen MR) is 64.7 cm³/mol. The number of carbonyl (C=O) groups excluding carboxylic acids is 3. The number of hydrogen-bond donors (Lipinski definition) is 1. The number of nitrogens with one attached hydrogen (secondary N) is 1. The third-order valence-corrected chi connectivity index (χ3v) is 3.59. The van der Waals surface area contributed by atoms with Crippen LogP contribution in [0.5, 0.6) is 0 Å². The minimum atomic E-state index is -0.570. The van der Waals surface area contributed by atoms with Crippen LogP contribution in [0.25, 0.3) is 0 Å². The number of urea groups is 1. The molecule has 1 N–H and O–H groups in total. The molecule has 6 heteroatoms. The van der Waals surface area contributed by atoms with Crippen LogP contribution < -0.4 is 5.32 Å². The summed E-state index contributed by atoms with van der Waals surface area (Å²) in [6.07, 6.45) is 0.773. The molecule has 0 aromatic rings. The number of likely N-dealkylation sites (tertiary alicyclic amines) is 1. The van der Waals surface area contributed by atoms with Crippen LogP contribution >= 0.6 is 0 Å². The first-order valence-electron chi connectivity index (χ1n) is 6.35. The summed E-state index contributed by atoms with van der Waals surface area (Å²) in [5.41, 5.74) is 0. The third-order valence-electron chi connectivity index (χ3n) is 3.59. The Morgan fingerprint density at radius 1 is 1.33 bits per heavy atom. The number of nitrogens with zero attached hydrogens (tertiary/aromatic N) is 2. The van der Waals surface area contributed by atoms with Gasteiger partial charge >= 0.3 is 6.03 Å². The van der Waals surface area contributed by atoms with E-state index in [2.05, 4.69) is 24.1 Å². The molecule has 6 nitrogen and oxygen atoms in total. The van der Waals surface area contributed by atoms with Crippen LogP contribution in [0.15, 0.2) is 0 Å². The maximum absolute atomic E-state index is 11.6. The second kappa shape index (κ2) is 5.06. The number of imide groups is 2. The lowest BCUT2D eigenvalue weighted by Gasteiger charge is -2.27. The number of barbiturate groups is 1. The van der Waals surface area contributed by atoms with Gasteiger partial charge in [-0.2, -0.15) is 0 Å². The van der Waals surface area contributed by atoms with Gasteiger partial charge in [0.2, 0.25) is 11.8 Å². The first kappa shape index (κ1) is 13.0. The summed E-state index contributed by atoms with van der Waals surface area (Å²) in [5.74, 6) is -0.571. The first-order chi connectivity index (χ1) is 8.47. The zero-order chi connectivity index (χ0) is 13.3. The van der Waals surface area contributed by atoms with Gasteiger partial charge in [0, 0.05) is 19.1 Å². The summed E-state index contributed by atoms with van der Waals surface area (Å²) in [7, 11) is 0. The molecule has 18 heavy (non-hydrogen) atoms. The molecule has 2 rings (SSSR count). The fourth-order valence-corrected chi connectivity index (χ4v) is 2.50. The van der Waals surface area contributed by atoms with Crippen LogP contribution in [0.4, 0.5) is 4.79 Å². The van der Waals surface area contributed by atoms with Gasteiger partial charge in [0.05, 0.1) is 0 Å². The van der Waals surface area contributed by atoms with Crippen LogP contribution in [-0.2, 0) is 9.59 Å². The van der Waals surface area contributed by atoms with Crippen LogP contribution in [0, 0.1) is 5.92 Å². The molecule has 2 heterocycles. The highest BCUT2D eigenvalue weighted by atomic mass is 16.2. The standard InChI is InChI=1S/C12H19N3O3/c1-8(2)14-4-3-9(6-14)7-15-11(17)5-10(16)13-12(15)18/h8-9H,3-7H2,1-2H3,(H,13,16,18). The zero-order valence-electron chi connectivity index (χ0n) is 10.8. The molecule has 0 aromatic carbocycles. The second-order valence-electron chi connectivity index (χ2n) is 5.28. The second-order valence-corrected chi connectivity index (χ2v) is 5.28. The molecule has 0 bridgehead atoms. The summed E-state index contributed by atoms with van der Waals surface area (Å²) < 4.78 is 0. The SMILES string of the molecule is CC(C)N1CCC(CN2C(=O)CC(=O)NC2=O)C1. The van der Waals surface area contributed by atoms with Gasteiger partial charge in [-0.05, 0) is 32.7 Å². The van der Waals surface area contributed by atoms with E-state index in [0.29, 0.717) is 18.5 Å². The molecule has 2 aliphatic heterocycles. The maximum atomic E-state index is 11.6. The van der Waals surface area contributed by atoms with E-state index >= 15 is 0 Å². The molecule has 2 saturated heterocycles. The van der Waals surface area contributed by atoms with E-state index in [1.165, 1.54) is 4.90 Å². The van der Waals surface area contributed by atoms with Crippen molar-refractivity contribution in [3.8, 4) is 0 Å². The molecule has 0 aliphatic carbocycles. The normalized spacial score (nSPS) is 26.1. The van der Waals surface area contributed by atoms with Gasteiger partial charge in [-0.15, -0.1) is 0 Å². The zero-order valence-corrected chi connectivity index (χ0v) is 10.8. The highest BCUT2D eigenvalue weighted by Crippen LogP contribution is 2.20. The van der Waals surface area contributed by atoms with Crippen LogP contribution in [0.2, 0.25) is 0 Å². The fraction of sp³-hybridized carbons (Fsp3) is 0.750. The van der Waals surface area contributed by atoms with Crippen LogP contribution in [0.3, 0.4) is 0 Å². The van der Waals surface area contributed by atoms with Crippen molar-refractivity contribution in [3.05, 3.63) is 0 Å². The van der Waals surface area contributed by atoms with Crippen molar-refractivity contribution in [3.63, 3.8) is 0 Å². The van der Waals surface area contributed by atoms with Crippen molar-refractivity contribution in [2.45, 2.75) is 32.7 Å². The topological polar surface area (TPSA) is 69.7 Å². The summed E-state index contributed by atoms with van der Waals surface area (Å²) in [6.45, 7) is 6.61. The van der Waals surface area contributed by atoms with Gasteiger partial charge in [-0.3, -0.25) is 19.8 Å². The molecule has 4 amide bonds. The molecular weight excluding hydrogens is 234 g/mol. The van der Waals surface area contributed by atoms with E-state index in [0.717, 1.165) is 19.5 Å². The smallest absolute Gasteiger partial charge is 0.301 e. The highest BCUT2D eigenvalue weighted by molar-refractivity contribution is 6.14. The van der Waals surface area contributed by atoms with Gasteiger partial charge in [-0.1, -0.05) is 0 Å². The lowest BCUT2D eigenvalue weighted by atomic mass is 10.1. The van der Waals surface area contributed by atoms with Crippen LogP contribution in [-0.4, -0.2) is 53.3 Å². The van der Waals surface area contributed by atoms with Crippen molar-refractivity contribution >= 4 is 17.8 Å². The van der Waals surface area contributed by atoms with Gasteiger partial charge in [0.15, 0.2) is 0 Å². The molecule has 0 radical (unpaired) electrons. The Balaban J connectivity index is 1.92. The highest BCUT2D eigenvalue weighted by Gasteiger charge is 2.34. The Labute approximate surface area is 106 Å². The molecule has 2 fully saturated rings. The molecule has 0 aromatic heterocycles. The molecule has 0 spiro atoms. The van der Waals surface area contributed by atoms with Gasteiger partial charge in [0.1, 0.15) is 6.42 Å². The lowest BCUT2D eigenvalue weighted by molar-refractivity contribution is -0.136. The number of hydrogen-bond acceptors (Lipinski definition) is 4. The molecule has 0 saturated carbocycles. The van der Waals surface area contributed by atoms with Crippen molar-refractivity contribution in [2.24, 2.45) is 5.92 Å². The van der Waals surface area contributed by atoms with Gasteiger partial charge < -0.3 is 4.90 Å². The summed E-state index contributed by atoms with van der Waals surface area (Å²) in [4.78, 5) is 37.8. The quantitative estimate of drug-likeness (QED) is 0.729. The van der Waals surface area contributed by atoms with Crippen molar-refractivity contribution in [1.82, 2.24) is 15.1 Å². The number of rotatable bonds is 3. The largest absolute Gasteiger partial charge is 0.330 e. The fourth-order valence-electron chi connectivity index (χ4n) is 2.50. The number of amides is 4. The van der Waals surface area contributed by atoms with E-state index in [1.54, 1.807) is 0 Å². The van der Waals surface area contributed by atoms with Crippen molar-refractivity contribution < 1.29 is 14.4 Å². The van der Waals surface area contributed by atoms with E-state index in [1.807, 2.05) is 0 Å². The molecule has 100 valence electrons. The van der Waals surface area contributed by atoms with E-state index in [-0.39, 0.29) is 12.3 Å². The molecule has 1 unspecified atom stereocenters. The summed E-state index contributed by atoms with van der Waals surface area (Å²) >= 11 is 0. The van der Waals surface area contributed by atoms with Crippen LogP contribution in [0.1, 0.15) is 26.7 Å². The van der Waals surface area contributed by atoms with E-state index < -0.39 is 11.9 Å².